The van der Waals surface area contributed by atoms with Crippen molar-refractivity contribution >= 4 is 0 Å². The third-order valence-electron chi connectivity index (χ3n) is 1.97. The SMILES string of the molecule is [CH2]CC(CCN(C)C)N(C)C. The van der Waals surface area contributed by atoms with Gasteiger partial charge in [-0.3, -0.25) is 0 Å². The highest BCUT2D eigenvalue weighted by atomic mass is 15.1. The van der Waals surface area contributed by atoms with Gasteiger partial charge in [0.15, 0.2) is 0 Å². The predicted octanol–water partition coefficient (Wildman–Crippen LogP) is 1.09. The van der Waals surface area contributed by atoms with Gasteiger partial charge in [-0.2, -0.15) is 0 Å². The van der Waals surface area contributed by atoms with Crippen molar-refractivity contribution in [2.45, 2.75) is 18.9 Å². The number of rotatable bonds is 5. The fraction of sp³-hybridized carbons (Fsp3) is 0.889. The van der Waals surface area contributed by atoms with Gasteiger partial charge in [0, 0.05) is 6.04 Å². The molecule has 0 saturated heterocycles. The average Bonchev–Trinajstić information content (AvgIpc) is 1.87. The van der Waals surface area contributed by atoms with Crippen molar-refractivity contribution in [2.24, 2.45) is 0 Å². The molecule has 0 saturated carbocycles. The third-order valence-corrected chi connectivity index (χ3v) is 1.97. The van der Waals surface area contributed by atoms with Crippen LogP contribution in [0.15, 0.2) is 0 Å². The largest absolute Gasteiger partial charge is 0.309 e. The molecule has 1 radical (unpaired) electrons. The summed E-state index contributed by atoms with van der Waals surface area (Å²) in [5.74, 6) is 0. The Morgan fingerprint density at radius 3 is 2.00 bits per heavy atom. The fourth-order valence-corrected chi connectivity index (χ4v) is 1.07. The quantitative estimate of drug-likeness (QED) is 0.589. The van der Waals surface area contributed by atoms with Crippen LogP contribution in [-0.2, 0) is 0 Å². The summed E-state index contributed by atoms with van der Waals surface area (Å²) < 4.78 is 0. The second-order valence-corrected chi connectivity index (χ2v) is 3.50. The molecule has 0 aliphatic carbocycles. The highest BCUT2D eigenvalue weighted by Gasteiger charge is 2.07. The summed E-state index contributed by atoms with van der Waals surface area (Å²) in [6.07, 6.45) is 2.21. The van der Waals surface area contributed by atoms with E-state index in [0.717, 1.165) is 13.0 Å². The van der Waals surface area contributed by atoms with E-state index in [1.807, 2.05) is 0 Å². The van der Waals surface area contributed by atoms with Gasteiger partial charge in [-0.1, -0.05) is 6.92 Å². The lowest BCUT2D eigenvalue weighted by Crippen LogP contribution is -2.30. The van der Waals surface area contributed by atoms with Gasteiger partial charge < -0.3 is 9.80 Å². The number of nitrogens with zero attached hydrogens (tertiary/aromatic N) is 2. The lowest BCUT2D eigenvalue weighted by atomic mass is 10.1. The zero-order chi connectivity index (χ0) is 8.85. The summed E-state index contributed by atoms with van der Waals surface area (Å²) in [6.45, 7) is 5.08. The Balaban J connectivity index is 3.52. The van der Waals surface area contributed by atoms with Crippen molar-refractivity contribution in [3.63, 3.8) is 0 Å². The second kappa shape index (κ2) is 5.56. The van der Waals surface area contributed by atoms with Crippen LogP contribution in [0.4, 0.5) is 0 Å². The lowest BCUT2D eigenvalue weighted by Gasteiger charge is -2.24. The number of hydrogen-bond acceptors (Lipinski definition) is 2. The molecular formula is C9H21N2. The van der Waals surface area contributed by atoms with Crippen LogP contribution < -0.4 is 0 Å². The summed E-state index contributed by atoms with van der Waals surface area (Å²) in [6, 6.07) is 0.636. The van der Waals surface area contributed by atoms with E-state index in [4.69, 9.17) is 0 Å². The summed E-state index contributed by atoms with van der Waals surface area (Å²) in [4.78, 5) is 4.46. The molecule has 2 nitrogen and oxygen atoms in total. The molecule has 0 aliphatic rings. The Bertz CT molecular complexity index is 89.6. The van der Waals surface area contributed by atoms with Crippen molar-refractivity contribution in [3.8, 4) is 0 Å². The van der Waals surface area contributed by atoms with Gasteiger partial charge in [0.25, 0.3) is 0 Å². The Hall–Kier alpha value is -0.0800. The molecule has 0 aromatic rings. The van der Waals surface area contributed by atoms with Crippen molar-refractivity contribution in [1.29, 1.82) is 0 Å². The van der Waals surface area contributed by atoms with Crippen molar-refractivity contribution in [1.82, 2.24) is 9.80 Å². The van der Waals surface area contributed by atoms with E-state index in [1.165, 1.54) is 6.42 Å². The first-order valence-electron chi connectivity index (χ1n) is 4.18. The monoisotopic (exact) mass is 157 g/mol. The van der Waals surface area contributed by atoms with Crippen molar-refractivity contribution in [2.75, 3.05) is 34.7 Å². The molecule has 0 aliphatic heterocycles. The first kappa shape index (κ1) is 10.9. The Morgan fingerprint density at radius 2 is 1.73 bits per heavy atom. The maximum absolute atomic E-state index is 3.93. The van der Waals surface area contributed by atoms with Gasteiger partial charge in [-0.25, -0.2) is 0 Å². The van der Waals surface area contributed by atoms with Gasteiger partial charge in [-0.05, 0) is 47.6 Å². The first-order valence-corrected chi connectivity index (χ1v) is 4.18. The minimum atomic E-state index is 0.636. The van der Waals surface area contributed by atoms with Gasteiger partial charge >= 0.3 is 0 Å². The van der Waals surface area contributed by atoms with E-state index in [9.17, 15) is 0 Å². The molecule has 0 fully saturated rings. The van der Waals surface area contributed by atoms with Gasteiger partial charge in [0.1, 0.15) is 0 Å². The van der Waals surface area contributed by atoms with Gasteiger partial charge in [-0.15, -0.1) is 0 Å². The smallest absolute Gasteiger partial charge is 0.0101 e. The molecule has 0 rings (SSSR count). The van der Waals surface area contributed by atoms with Crippen LogP contribution in [0.3, 0.4) is 0 Å². The fourth-order valence-electron chi connectivity index (χ4n) is 1.07. The molecule has 0 amide bonds. The molecular weight excluding hydrogens is 136 g/mol. The molecule has 11 heavy (non-hydrogen) atoms. The molecule has 0 heterocycles. The Kier molecular flexibility index (Phi) is 5.51. The maximum Gasteiger partial charge on any atom is 0.0101 e. The highest BCUT2D eigenvalue weighted by Crippen LogP contribution is 2.03. The van der Waals surface area contributed by atoms with Crippen molar-refractivity contribution in [3.05, 3.63) is 6.92 Å². The molecule has 2 heteroatoms. The summed E-state index contributed by atoms with van der Waals surface area (Å²) in [7, 11) is 8.45. The minimum absolute atomic E-state index is 0.636. The van der Waals surface area contributed by atoms with Crippen molar-refractivity contribution < 1.29 is 0 Å². The summed E-state index contributed by atoms with van der Waals surface area (Å²) >= 11 is 0. The van der Waals surface area contributed by atoms with Gasteiger partial charge in [0.05, 0.1) is 0 Å². The van der Waals surface area contributed by atoms with E-state index in [2.05, 4.69) is 44.9 Å². The average molecular weight is 157 g/mol. The second-order valence-electron chi connectivity index (χ2n) is 3.50. The maximum atomic E-state index is 3.93. The number of hydrogen-bond donors (Lipinski definition) is 0. The van der Waals surface area contributed by atoms with Crippen LogP contribution >= 0.6 is 0 Å². The topological polar surface area (TPSA) is 6.48 Å². The van der Waals surface area contributed by atoms with Crippen LogP contribution in [0.2, 0.25) is 0 Å². The minimum Gasteiger partial charge on any atom is -0.309 e. The molecule has 0 N–H and O–H groups in total. The third kappa shape index (κ3) is 5.22. The van der Waals surface area contributed by atoms with E-state index >= 15 is 0 Å². The first-order chi connectivity index (χ1) is 5.07. The van der Waals surface area contributed by atoms with Gasteiger partial charge in [0.2, 0.25) is 0 Å². The molecule has 0 spiro atoms. The molecule has 0 bridgehead atoms. The molecule has 1 unspecified atom stereocenters. The lowest BCUT2D eigenvalue weighted by molar-refractivity contribution is 0.251. The molecule has 1 atom stereocenters. The van der Waals surface area contributed by atoms with Crippen LogP contribution in [0.5, 0.6) is 0 Å². The molecule has 0 aromatic heterocycles. The molecule has 0 aromatic carbocycles. The van der Waals surface area contributed by atoms with Crippen LogP contribution in [0.25, 0.3) is 0 Å². The summed E-state index contributed by atoms with van der Waals surface area (Å²) in [5, 5.41) is 0. The Morgan fingerprint density at radius 1 is 1.18 bits per heavy atom. The molecule has 67 valence electrons. The van der Waals surface area contributed by atoms with E-state index in [0.29, 0.717) is 6.04 Å². The summed E-state index contributed by atoms with van der Waals surface area (Å²) in [5.41, 5.74) is 0. The standard InChI is InChI=1S/C9H21N2/c1-6-9(11(4)5)7-8-10(2)3/h9H,1,6-8H2,2-5H3. The van der Waals surface area contributed by atoms with Crippen LogP contribution in [-0.4, -0.2) is 50.6 Å². The predicted molar refractivity (Wildman–Crippen MR) is 50.6 cm³/mol. The van der Waals surface area contributed by atoms with E-state index < -0.39 is 0 Å². The van der Waals surface area contributed by atoms with E-state index in [-0.39, 0.29) is 0 Å². The highest BCUT2D eigenvalue weighted by molar-refractivity contribution is 4.68. The zero-order valence-electron chi connectivity index (χ0n) is 8.30. The Labute approximate surface area is 71.2 Å². The van der Waals surface area contributed by atoms with Crippen LogP contribution in [0.1, 0.15) is 12.8 Å². The van der Waals surface area contributed by atoms with Crippen LogP contribution in [0, 0.1) is 6.92 Å². The van der Waals surface area contributed by atoms with E-state index in [1.54, 1.807) is 0 Å². The zero-order valence-corrected chi connectivity index (χ0v) is 8.30. The normalized spacial score (nSPS) is 14.5.